The molecule has 0 aliphatic carbocycles. The van der Waals surface area contributed by atoms with Gasteiger partial charge in [0.1, 0.15) is 0 Å². The smallest absolute Gasteiger partial charge is 0.316 e. The molecule has 14 heavy (non-hydrogen) atoms. The second-order valence-corrected chi connectivity index (χ2v) is 2.98. The summed E-state index contributed by atoms with van der Waals surface area (Å²) < 4.78 is 37.2. The van der Waals surface area contributed by atoms with Gasteiger partial charge in [0.05, 0.1) is 5.56 Å². The zero-order chi connectivity index (χ0) is 10.8. The molecule has 0 unspecified atom stereocenters. The molecule has 0 bridgehead atoms. The predicted octanol–water partition coefficient (Wildman–Crippen LogP) is 2.49. The Balaban J connectivity index is 3.09. The van der Waals surface area contributed by atoms with E-state index in [2.05, 4.69) is 0 Å². The van der Waals surface area contributed by atoms with Crippen LogP contribution in [0.3, 0.4) is 0 Å². The lowest BCUT2D eigenvalue weighted by Crippen LogP contribution is -2.11. The van der Waals surface area contributed by atoms with Gasteiger partial charge >= 0.3 is 6.18 Å². The summed E-state index contributed by atoms with van der Waals surface area (Å²) in [4.78, 5) is 0. The quantitative estimate of drug-likeness (QED) is 0.727. The van der Waals surface area contributed by atoms with Gasteiger partial charge in [0.2, 0.25) is 0 Å². The number of rotatable bonds is 2. The van der Waals surface area contributed by atoms with E-state index < -0.39 is 11.7 Å². The van der Waals surface area contributed by atoms with E-state index in [1.165, 1.54) is 19.1 Å². The maximum atomic E-state index is 12.4. The molecule has 0 radical (unpaired) electrons. The fourth-order valence-corrected chi connectivity index (χ4v) is 1.18. The summed E-state index contributed by atoms with van der Waals surface area (Å²) in [6.45, 7) is 1.41. The lowest BCUT2D eigenvalue weighted by atomic mass is 10.0. The maximum Gasteiger partial charge on any atom is 0.416 e. The summed E-state index contributed by atoms with van der Waals surface area (Å²) in [5.41, 5.74) is 1.73. The zero-order valence-corrected chi connectivity index (χ0v) is 7.52. The first-order valence-electron chi connectivity index (χ1n) is 3.99. The largest absolute Gasteiger partial charge is 0.416 e. The van der Waals surface area contributed by atoms with Crippen molar-refractivity contribution in [2.24, 2.45) is 0 Å². The molecule has 0 saturated carbocycles. The Labute approximate surface area is 79.3 Å². The molecule has 1 aromatic carbocycles. The molecule has 0 heterocycles. The van der Waals surface area contributed by atoms with E-state index in [1.54, 1.807) is 0 Å². The van der Waals surface area contributed by atoms with Gasteiger partial charge in [-0.25, -0.2) is 5.48 Å². The van der Waals surface area contributed by atoms with Crippen LogP contribution < -0.4 is 5.48 Å². The summed E-state index contributed by atoms with van der Waals surface area (Å²) in [6.07, 6.45) is -4.34. The van der Waals surface area contributed by atoms with Crippen LogP contribution in [0.15, 0.2) is 18.2 Å². The molecule has 1 aromatic rings. The Kier molecular flexibility index (Phi) is 3.13. The van der Waals surface area contributed by atoms with Gasteiger partial charge in [-0.3, -0.25) is 0 Å². The molecule has 2 N–H and O–H groups in total. The van der Waals surface area contributed by atoms with Crippen molar-refractivity contribution in [2.45, 2.75) is 19.6 Å². The number of alkyl halides is 3. The molecule has 5 heteroatoms. The first-order chi connectivity index (χ1) is 6.45. The molecule has 0 fully saturated rings. The van der Waals surface area contributed by atoms with Crippen molar-refractivity contribution in [3.8, 4) is 0 Å². The van der Waals surface area contributed by atoms with Crippen LogP contribution in [0.1, 0.15) is 16.7 Å². The molecule has 0 spiro atoms. The summed E-state index contributed by atoms with van der Waals surface area (Å²) in [7, 11) is 0. The number of aryl methyl sites for hydroxylation is 1. The minimum absolute atomic E-state index is 0.00333. The van der Waals surface area contributed by atoms with E-state index in [9.17, 15) is 13.2 Å². The topological polar surface area (TPSA) is 32.3 Å². The van der Waals surface area contributed by atoms with Gasteiger partial charge in [-0.05, 0) is 24.1 Å². The Bertz CT molecular complexity index is 322. The number of hydroxylamine groups is 1. The Hall–Kier alpha value is -1.07. The monoisotopic (exact) mass is 205 g/mol. The highest BCUT2D eigenvalue weighted by atomic mass is 19.4. The fraction of sp³-hybridized carbons (Fsp3) is 0.333. The molecule has 1 rings (SSSR count). The van der Waals surface area contributed by atoms with Crippen molar-refractivity contribution in [3.05, 3.63) is 34.9 Å². The van der Waals surface area contributed by atoms with E-state index in [-0.39, 0.29) is 12.1 Å². The second-order valence-electron chi connectivity index (χ2n) is 2.98. The number of halogens is 3. The van der Waals surface area contributed by atoms with Gasteiger partial charge in [-0.2, -0.15) is 13.2 Å². The van der Waals surface area contributed by atoms with Gasteiger partial charge in [0.25, 0.3) is 0 Å². The third-order valence-corrected chi connectivity index (χ3v) is 1.89. The number of hydrogen-bond acceptors (Lipinski definition) is 2. The number of benzene rings is 1. The van der Waals surface area contributed by atoms with Crippen molar-refractivity contribution in [2.75, 3.05) is 0 Å². The minimum atomic E-state index is -4.34. The molecule has 78 valence electrons. The van der Waals surface area contributed by atoms with Crippen LogP contribution in [0.4, 0.5) is 13.2 Å². The zero-order valence-electron chi connectivity index (χ0n) is 7.52. The minimum Gasteiger partial charge on any atom is -0.316 e. The van der Waals surface area contributed by atoms with Crippen molar-refractivity contribution >= 4 is 0 Å². The van der Waals surface area contributed by atoms with Crippen molar-refractivity contribution in [1.82, 2.24) is 5.48 Å². The molecule has 0 saturated heterocycles. The molecule has 0 aliphatic rings. The molecule has 0 amide bonds. The first-order valence-corrected chi connectivity index (χ1v) is 3.99. The highest BCUT2D eigenvalue weighted by Gasteiger charge is 2.32. The number of hydrogen-bond donors (Lipinski definition) is 2. The third-order valence-electron chi connectivity index (χ3n) is 1.89. The SMILES string of the molecule is Cc1ccc(CNO)cc1C(F)(F)F. The van der Waals surface area contributed by atoms with Gasteiger partial charge in [-0.15, -0.1) is 0 Å². The van der Waals surface area contributed by atoms with Crippen molar-refractivity contribution in [3.63, 3.8) is 0 Å². The van der Waals surface area contributed by atoms with Crippen LogP contribution in [0, 0.1) is 6.92 Å². The van der Waals surface area contributed by atoms with Crippen LogP contribution in [-0.2, 0) is 12.7 Å². The Morgan fingerprint density at radius 1 is 1.36 bits per heavy atom. The first kappa shape index (κ1) is 11.0. The Morgan fingerprint density at radius 2 is 2.00 bits per heavy atom. The highest BCUT2D eigenvalue weighted by Crippen LogP contribution is 2.32. The summed E-state index contributed by atoms with van der Waals surface area (Å²) in [5.74, 6) is 0. The molecule has 0 atom stereocenters. The predicted molar refractivity (Wildman–Crippen MR) is 44.8 cm³/mol. The average molecular weight is 205 g/mol. The maximum absolute atomic E-state index is 12.4. The van der Waals surface area contributed by atoms with E-state index in [4.69, 9.17) is 5.21 Å². The van der Waals surface area contributed by atoms with Gasteiger partial charge < -0.3 is 5.21 Å². The normalized spacial score (nSPS) is 11.8. The molecular formula is C9H10F3NO. The average Bonchev–Trinajstić information content (AvgIpc) is 2.07. The Morgan fingerprint density at radius 3 is 2.50 bits per heavy atom. The third kappa shape index (κ3) is 2.46. The second kappa shape index (κ2) is 3.98. The molecule has 2 nitrogen and oxygen atoms in total. The van der Waals surface area contributed by atoms with Crippen LogP contribution in [0.25, 0.3) is 0 Å². The van der Waals surface area contributed by atoms with Crippen LogP contribution in [0.5, 0.6) is 0 Å². The van der Waals surface area contributed by atoms with E-state index in [1.807, 2.05) is 5.48 Å². The lowest BCUT2D eigenvalue weighted by molar-refractivity contribution is -0.138. The van der Waals surface area contributed by atoms with Gasteiger partial charge in [0.15, 0.2) is 0 Å². The molecular weight excluding hydrogens is 195 g/mol. The van der Waals surface area contributed by atoms with Crippen LogP contribution >= 0.6 is 0 Å². The van der Waals surface area contributed by atoms with Gasteiger partial charge in [-0.1, -0.05) is 12.1 Å². The summed E-state index contributed by atoms with van der Waals surface area (Å²) in [6, 6.07) is 3.95. The van der Waals surface area contributed by atoms with Crippen molar-refractivity contribution in [1.29, 1.82) is 0 Å². The molecule has 0 aliphatic heterocycles. The van der Waals surface area contributed by atoms with Crippen LogP contribution in [-0.4, -0.2) is 5.21 Å². The highest BCUT2D eigenvalue weighted by molar-refractivity contribution is 5.33. The molecule has 0 aromatic heterocycles. The van der Waals surface area contributed by atoms with E-state index in [0.29, 0.717) is 5.56 Å². The van der Waals surface area contributed by atoms with E-state index >= 15 is 0 Å². The number of nitrogens with one attached hydrogen (secondary N) is 1. The lowest BCUT2D eigenvalue weighted by Gasteiger charge is -2.11. The summed E-state index contributed by atoms with van der Waals surface area (Å²) >= 11 is 0. The van der Waals surface area contributed by atoms with Crippen molar-refractivity contribution < 1.29 is 18.4 Å². The standard InChI is InChI=1S/C9H10F3NO/c1-6-2-3-7(5-13-14)4-8(6)9(10,11)12/h2-4,13-14H,5H2,1H3. The summed E-state index contributed by atoms with van der Waals surface area (Å²) in [5, 5.41) is 8.35. The van der Waals surface area contributed by atoms with E-state index in [0.717, 1.165) is 6.07 Å². The van der Waals surface area contributed by atoms with Gasteiger partial charge in [0, 0.05) is 6.54 Å². The van der Waals surface area contributed by atoms with Crippen LogP contribution in [0.2, 0.25) is 0 Å². The fourth-order valence-electron chi connectivity index (χ4n) is 1.18.